The van der Waals surface area contributed by atoms with E-state index in [-0.39, 0.29) is 5.75 Å². The number of thiophene rings is 1. The molecule has 4 nitrogen and oxygen atoms in total. The second kappa shape index (κ2) is 5.14. The Morgan fingerprint density at radius 2 is 1.79 bits per heavy atom. The summed E-state index contributed by atoms with van der Waals surface area (Å²) in [5.41, 5.74) is 6.47. The van der Waals surface area contributed by atoms with Gasteiger partial charge in [-0.1, -0.05) is 19.1 Å². The fourth-order valence-corrected chi connectivity index (χ4v) is 4.02. The van der Waals surface area contributed by atoms with E-state index in [0.29, 0.717) is 9.77 Å². The molecule has 0 aliphatic carbocycles. The first-order valence-corrected chi connectivity index (χ1v) is 8.14. The average molecular weight is 295 g/mol. The molecule has 0 saturated heterocycles. The lowest BCUT2D eigenvalue weighted by molar-refractivity contribution is 0.100. The van der Waals surface area contributed by atoms with Crippen molar-refractivity contribution < 1.29 is 13.2 Å². The number of hydrogen-bond acceptors (Lipinski definition) is 4. The van der Waals surface area contributed by atoms with Gasteiger partial charge in [0.05, 0.1) is 5.75 Å². The molecule has 6 heteroatoms. The van der Waals surface area contributed by atoms with Gasteiger partial charge in [0.2, 0.25) is 5.91 Å². The fourth-order valence-electron chi connectivity index (χ4n) is 1.58. The molecule has 0 fully saturated rings. The number of carbonyl (C=O) groups is 1. The van der Waals surface area contributed by atoms with E-state index in [0.717, 1.165) is 10.4 Å². The Morgan fingerprint density at radius 3 is 2.32 bits per heavy atom. The number of benzene rings is 1. The molecule has 2 N–H and O–H groups in total. The fraction of sp³-hybridized carbons (Fsp3) is 0.154. The maximum atomic E-state index is 11.7. The van der Waals surface area contributed by atoms with Crippen molar-refractivity contribution in [3.05, 3.63) is 42.0 Å². The van der Waals surface area contributed by atoms with Gasteiger partial charge in [-0.15, -0.1) is 11.3 Å². The minimum Gasteiger partial charge on any atom is -0.366 e. The number of carbonyl (C=O) groups excluding carboxylic acids is 1. The molecule has 19 heavy (non-hydrogen) atoms. The molecule has 0 aliphatic heterocycles. The van der Waals surface area contributed by atoms with Crippen LogP contribution in [0.1, 0.15) is 17.3 Å². The Hall–Kier alpha value is -1.66. The van der Waals surface area contributed by atoms with Gasteiger partial charge in [-0.05, 0) is 29.8 Å². The first-order valence-electron chi connectivity index (χ1n) is 5.67. The van der Waals surface area contributed by atoms with E-state index in [4.69, 9.17) is 5.73 Å². The smallest absolute Gasteiger partial charge is 0.248 e. The molecule has 0 radical (unpaired) electrons. The van der Waals surface area contributed by atoms with E-state index in [1.807, 2.05) is 0 Å². The SMILES string of the molecule is CCS(=O)(=O)c1ccc(-c2ccc(C(N)=O)cc2)s1. The van der Waals surface area contributed by atoms with Gasteiger partial charge in [-0.2, -0.15) is 0 Å². The number of rotatable bonds is 4. The van der Waals surface area contributed by atoms with E-state index in [2.05, 4.69) is 0 Å². The van der Waals surface area contributed by atoms with E-state index < -0.39 is 15.7 Å². The molecule has 0 unspecified atom stereocenters. The number of primary amides is 1. The summed E-state index contributed by atoms with van der Waals surface area (Å²) in [6, 6.07) is 10.2. The van der Waals surface area contributed by atoms with Crippen LogP contribution in [0.5, 0.6) is 0 Å². The van der Waals surface area contributed by atoms with Gasteiger partial charge >= 0.3 is 0 Å². The molecule has 1 heterocycles. The van der Waals surface area contributed by atoms with Crippen molar-refractivity contribution in [1.82, 2.24) is 0 Å². The molecule has 100 valence electrons. The Balaban J connectivity index is 2.36. The zero-order valence-corrected chi connectivity index (χ0v) is 11.9. The lowest BCUT2D eigenvalue weighted by atomic mass is 10.1. The van der Waals surface area contributed by atoms with Crippen LogP contribution in [0.2, 0.25) is 0 Å². The van der Waals surface area contributed by atoms with Crippen molar-refractivity contribution in [1.29, 1.82) is 0 Å². The largest absolute Gasteiger partial charge is 0.366 e. The predicted molar refractivity (Wildman–Crippen MR) is 76.0 cm³/mol. The molecule has 1 aromatic carbocycles. The number of amides is 1. The van der Waals surface area contributed by atoms with Crippen LogP contribution in [-0.2, 0) is 9.84 Å². The summed E-state index contributed by atoms with van der Waals surface area (Å²) in [4.78, 5) is 11.8. The summed E-state index contributed by atoms with van der Waals surface area (Å²) in [5, 5.41) is 0. The van der Waals surface area contributed by atoms with Gasteiger partial charge in [-0.25, -0.2) is 8.42 Å². The van der Waals surface area contributed by atoms with Crippen molar-refractivity contribution in [2.24, 2.45) is 5.73 Å². The normalized spacial score (nSPS) is 11.4. The maximum absolute atomic E-state index is 11.7. The first kappa shape index (κ1) is 13.8. The summed E-state index contributed by atoms with van der Waals surface area (Å²) >= 11 is 1.23. The van der Waals surface area contributed by atoms with E-state index in [9.17, 15) is 13.2 Å². The van der Waals surface area contributed by atoms with E-state index in [1.165, 1.54) is 11.3 Å². The highest BCUT2D eigenvalue weighted by atomic mass is 32.2. The average Bonchev–Trinajstić information content (AvgIpc) is 2.89. The molecule has 2 aromatic rings. The Morgan fingerprint density at radius 1 is 1.16 bits per heavy atom. The minimum atomic E-state index is -3.16. The minimum absolute atomic E-state index is 0.0908. The van der Waals surface area contributed by atoms with Crippen molar-refractivity contribution in [3.8, 4) is 10.4 Å². The molecule has 0 saturated carbocycles. The molecule has 0 bridgehead atoms. The third kappa shape index (κ3) is 2.85. The summed E-state index contributed by atoms with van der Waals surface area (Å²) in [5.74, 6) is -0.389. The van der Waals surface area contributed by atoms with Crippen LogP contribution in [0.25, 0.3) is 10.4 Å². The molecule has 2 rings (SSSR count). The monoisotopic (exact) mass is 295 g/mol. The van der Waals surface area contributed by atoms with Crippen LogP contribution in [-0.4, -0.2) is 20.1 Å². The standard InChI is InChI=1S/C13H13NO3S2/c1-2-19(16,17)12-8-7-11(18-12)9-3-5-10(6-4-9)13(14)15/h3-8H,2H2,1H3,(H2,14,15). The van der Waals surface area contributed by atoms with Gasteiger partial charge in [0.1, 0.15) is 4.21 Å². The summed E-state index contributed by atoms with van der Waals surface area (Å²) in [6.45, 7) is 1.62. The first-order chi connectivity index (χ1) is 8.94. The molecular weight excluding hydrogens is 282 g/mol. The molecule has 1 aromatic heterocycles. The van der Waals surface area contributed by atoms with E-state index >= 15 is 0 Å². The molecular formula is C13H13NO3S2. The van der Waals surface area contributed by atoms with Crippen LogP contribution < -0.4 is 5.73 Å². The van der Waals surface area contributed by atoms with Gasteiger partial charge < -0.3 is 5.73 Å². The van der Waals surface area contributed by atoms with Gasteiger partial charge in [-0.3, -0.25) is 4.79 Å². The van der Waals surface area contributed by atoms with Crippen molar-refractivity contribution in [3.63, 3.8) is 0 Å². The third-order valence-electron chi connectivity index (χ3n) is 2.72. The summed E-state index contributed by atoms with van der Waals surface area (Å²) < 4.78 is 23.8. The number of sulfone groups is 1. The number of nitrogens with two attached hydrogens (primary N) is 1. The Bertz CT molecular complexity index is 700. The summed E-state index contributed by atoms with van der Waals surface area (Å²) in [6.07, 6.45) is 0. The summed E-state index contributed by atoms with van der Waals surface area (Å²) in [7, 11) is -3.16. The van der Waals surface area contributed by atoms with Gasteiger partial charge in [0.25, 0.3) is 0 Å². The predicted octanol–water partition coefficient (Wildman–Crippen LogP) is 2.31. The highest BCUT2D eigenvalue weighted by molar-refractivity contribution is 7.93. The Kier molecular flexibility index (Phi) is 3.73. The van der Waals surface area contributed by atoms with Crippen LogP contribution in [0, 0.1) is 0 Å². The second-order valence-corrected chi connectivity index (χ2v) is 7.55. The maximum Gasteiger partial charge on any atom is 0.248 e. The highest BCUT2D eigenvalue weighted by Crippen LogP contribution is 2.31. The van der Waals surface area contributed by atoms with E-state index in [1.54, 1.807) is 43.3 Å². The highest BCUT2D eigenvalue weighted by Gasteiger charge is 2.15. The molecule has 0 atom stereocenters. The van der Waals surface area contributed by atoms with Gasteiger partial charge in [0.15, 0.2) is 9.84 Å². The van der Waals surface area contributed by atoms with Crippen LogP contribution in [0.3, 0.4) is 0 Å². The van der Waals surface area contributed by atoms with Crippen molar-refractivity contribution in [2.45, 2.75) is 11.1 Å². The van der Waals surface area contributed by atoms with Crippen LogP contribution in [0.4, 0.5) is 0 Å². The van der Waals surface area contributed by atoms with Crippen molar-refractivity contribution >= 4 is 27.1 Å². The quantitative estimate of drug-likeness (QED) is 0.940. The van der Waals surface area contributed by atoms with Crippen molar-refractivity contribution in [2.75, 3.05) is 5.75 Å². The van der Waals surface area contributed by atoms with Crippen LogP contribution >= 0.6 is 11.3 Å². The lowest BCUT2D eigenvalue weighted by Gasteiger charge is -1.99. The van der Waals surface area contributed by atoms with Gasteiger partial charge in [0, 0.05) is 10.4 Å². The molecule has 0 aliphatic rings. The topological polar surface area (TPSA) is 77.2 Å². The second-order valence-electron chi connectivity index (χ2n) is 3.96. The van der Waals surface area contributed by atoms with Crippen LogP contribution in [0.15, 0.2) is 40.6 Å². The number of hydrogen-bond donors (Lipinski definition) is 1. The zero-order chi connectivity index (χ0) is 14.0. The lowest BCUT2D eigenvalue weighted by Crippen LogP contribution is -2.10. The third-order valence-corrected chi connectivity index (χ3v) is 6.17. The molecule has 0 spiro atoms. The molecule has 1 amide bonds. The zero-order valence-electron chi connectivity index (χ0n) is 10.3. The Labute approximate surface area is 115 Å².